The maximum absolute atomic E-state index is 10.1. The highest BCUT2D eigenvalue weighted by Crippen LogP contribution is 2.37. The molecule has 3 unspecified atom stereocenters. The minimum absolute atomic E-state index is 0.225. The summed E-state index contributed by atoms with van der Waals surface area (Å²) in [5.74, 6) is 0.995. The monoisotopic (exact) mass is 191 g/mol. The van der Waals surface area contributed by atoms with Crippen LogP contribution in [0.2, 0.25) is 0 Å². The summed E-state index contributed by atoms with van der Waals surface area (Å²) in [5.41, 5.74) is 5.10. The first-order valence-electron chi connectivity index (χ1n) is 4.19. The van der Waals surface area contributed by atoms with Gasteiger partial charge in [0, 0.05) is 12.4 Å². The minimum Gasteiger partial charge on any atom is -0.387 e. The molecular formula is C8H17NO2S. The summed E-state index contributed by atoms with van der Waals surface area (Å²) in [4.78, 5) is 0. The molecule has 3 nitrogen and oxygen atoms in total. The SMILES string of the molecule is COCC(N)C1(O)CCSC1C. The maximum Gasteiger partial charge on any atom is 0.0943 e. The van der Waals surface area contributed by atoms with Crippen molar-refractivity contribution in [3.8, 4) is 0 Å². The first-order valence-corrected chi connectivity index (χ1v) is 5.24. The number of thioether (sulfide) groups is 1. The van der Waals surface area contributed by atoms with Gasteiger partial charge >= 0.3 is 0 Å². The second-order valence-corrected chi connectivity index (χ2v) is 4.76. The molecule has 0 aromatic carbocycles. The van der Waals surface area contributed by atoms with Gasteiger partial charge in [-0.2, -0.15) is 11.8 Å². The van der Waals surface area contributed by atoms with E-state index in [1.165, 1.54) is 0 Å². The molecule has 1 aliphatic heterocycles. The minimum atomic E-state index is -0.722. The molecule has 0 amide bonds. The number of hydrogen-bond acceptors (Lipinski definition) is 4. The third kappa shape index (κ3) is 1.76. The number of hydrogen-bond donors (Lipinski definition) is 2. The molecule has 1 heterocycles. The van der Waals surface area contributed by atoms with Gasteiger partial charge in [-0.3, -0.25) is 0 Å². The molecule has 4 heteroatoms. The number of methoxy groups -OCH3 is 1. The van der Waals surface area contributed by atoms with E-state index in [-0.39, 0.29) is 11.3 Å². The molecule has 1 fully saturated rings. The van der Waals surface area contributed by atoms with Crippen molar-refractivity contribution in [3.05, 3.63) is 0 Å². The van der Waals surface area contributed by atoms with E-state index in [1.54, 1.807) is 18.9 Å². The van der Waals surface area contributed by atoms with Gasteiger partial charge in [-0.05, 0) is 12.2 Å². The average Bonchev–Trinajstić information content (AvgIpc) is 2.34. The zero-order valence-electron chi connectivity index (χ0n) is 7.62. The number of rotatable bonds is 3. The Kier molecular flexibility index (Phi) is 3.40. The van der Waals surface area contributed by atoms with Gasteiger partial charge in [-0.25, -0.2) is 0 Å². The van der Waals surface area contributed by atoms with Gasteiger partial charge in [0.05, 0.1) is 18.2 Å². The smallest absolute Gasteiger partial charge is 0.0943 e. The summed E-state index contributed by atoms with van der Waals surface area (Å²) in [7, 11) is 1.61. The zero-order valence-corrected chi connectivity index (χ0v) is 8.43. The lowest BCUT2D eigenvalue weighted by molar-refractivity contribution is -0.00648. The fourth-order valence-corrected chi connectivity index (χ4v) is 2.94. The van der Waals surface area contributed by atoms with Gasteiger partial charge < -0.3 is 15.6 Å². The molecule has 72 valence electrons. The molecule has 1 rings (SSSR count). The molecule has 3 atom stereocenters. The summed E-state index contributed by atoms with van der Waals surface area (Å²) in [6.07, 6.45) is 0.781. The number of aliphatic hydroxyl groups is 1. The van der Waals surface area contributed by atoms with E-state index in [1.807, 2.05) is 6.92 Å². The number of ether oxygens (including phenoxy) is 1. The zero-order chi connectivity index (χ0) is 9.19. The van der Waals surface area contributed by atoms with Gasteiger partial charge in [0.1, 0.15) is 0 Å². The van der Waals surface area contributed by atoms with Gasteiger partial charge in [0.15, 0.2) is 0 Å². The fraction of sp³-hybridized carbons (Fsp3) is 1.00. The largest absolute Gasteiger partial charge is 0.387 e. The maximum atomic E-state index is 10.1. The van der Waals surface area contributed by atoms with Gasteiger partial charge in [0.25, 0.3) is 0 Å². The Morgan fingerprint density at radius 2 is 2.50 bits per heavy atom. The Labute approximate surface area is 77.7 Å². The highest BCUT2D eigenvalue weighted by Gasteiger charge is 2.43. The molecule has 3 N–H and O–H groups in total. The van der Waals surface area contributed by atoms with Crippen molar-refractivity contribution in [2.45, 2.75) is 30.2 Å². The highest BCUT2D eigenvalue weighted by molar-refractivity contribution is 8.00. The Hall–Kier alpha value is 0.230. The van der Waals surface area contributed by atoms with Crippen molar-refractivity contribution in [2.24, 2.45) is 5.73 Å². The summed E-state index contributed by atoms with van der Waals surface area (Å²) >= 11 is 1.77. The second-order valence-electron chi connectivity index (χ2n) is 3.32. The van der Waals surface area contributed by atoms with Crippen LogP contribution in [0.4, 0.5) is 0 Å². The van der Waals surface area contributed by atoms with Crippen LogP contribution >= 0.6 is 11.8 Å². The van der Waals surface area contributed by atoms with Crippen LogP contribution in [0.1, 0.15) is 13.3 Å². The lowest BCUT2D eigenvalue weighted by atomic mass is 9.89. The lowest BCUT2D eigenvalue weighted by Gasteiger charge is -2.32. The number of nitrogens with two attached hydrogens (primary N) is 1. The van der Waals surface area contributed by atoms with Crippen LogP contribution in [0, 0.1) is 0 Å². The normalized spacial score (nSPS) is 38.5. The molecule has 0 spiro atoms. The molecule has 12 heavy (non-hydrogen) atoms. The summed E-state index contributed by atoms with van der Waals surface area (Å²) < 4.78 is 4.94. The predicted octanol–water partition coefficient (Wildman–Crippen LogP) is 0.217. The summed E-state index contributed by atoms with van der Waals surface area (Å²) in [6.45, 7) is 2.45. The Bertz CT molecular complexity index is 156. The molecule has 1 saturated heterocycles. The van der Waals surface area contributed by atoms with Crippen molar-refractivity contribution in [2.75, 3.05) is 19.5 Å². The molecule has 1 aliphatic rings. The van der Waals surface area contributed by atoms with E-state index in [0.717, 1.165) is 12.2 Å². The second kappa shape index (κ2) is 3.96. The molecular weight excluding hydrogens is 174 g/mol. The highest BCUT2D eigenvalue weighted by atomic mass is 32.2. The van der Waals surface area contributed by atoms with Crippen LogP contribution in [0.15, 0.2) is 0 Å². The van der Waals surface area contributed by atoms with Crippen molar-refractivity contribution in [1.29, 1.82) is 0 Å². The average molecular weight is 191 g/mol. The molecule has 0 aromatic rings. The van der Waals surface area contributed by atoms with E-state index in [9.17, 15) is 5.11 Å². The van der Waals surface area contributed by atoms with E-state index in [2.05, 4.69) is 0 Å². The van der Waals surface area contributed by atoms with Crippen molar-refractivity contribution < 1.29 is 9.84 Å². The van der Waals surface area contributed by atoms with Crippen LogP contribution in [0.3, 0.4) is 0 Å². The van der Waals surface area contributed by atoms with Crippen LogP contribution in [-0.4, -0.2) is 41.5 Å². The predicted molar refractivity (Wildman–Crippen MR) is 51.3 cm³/mol. The molecule has 0 saturated carbocycles. The van der Waals surface area contributed by atoms with Crippen LogP contribution in [0.5, 0.6) is 0 Å². The van der Waals surface area contributed by atoms with Crippen LogP contribution in [-0.2, 0) is 4.74 Å². The fourth-order valence-electron chi connectivity index (χ4n) is 1.56. The van der Waals surface area contributed by atoms with Crippen molar-refractivity contribution in [3.63, 3.8) is 0 Å². The van der Waals surface area contributed by atoms with E-state index >= 15 is 0 Å². The molecule has 0 bridgehead atoms. The van der Waals surface area contributed by atoms with Crippen molar-refractivity contribution in [1.82, 2.24) is 0 Å². The Balaban J connectivity index is 2.56. The first-order chi connectivity index (χ1) is 5.61. The van der Waals surface area contributed by atoms with Crippen molar-refractivity contribution >= 4 is 11.8 Å². The molecule has 0 radical (unpaired) electrons. The Morgan fingerprint density at radius 1 is 1.83 bits per heavy atom. The summed E-state index contributed by atoms with van der Waals surface area (Å²) in [5, 5.41) is 10.4. The van der Waals surface area contributed by atoms with E-state index < -0.39 is 5.60 Å². The summed E-state index contributed by atoms with van der Waals surface area (Å²) in [6, 6.07) is -0.257. The first kappa shape index (κ1) is 10.3. The van der Waals surface area contributed by atoms with Gasteiger partial charge in [-0.1, -0.05) is 6.92 Å². The topological polar surface area (TPSA) is 55.5 Å². The van der Waals surface area contributed by atoms with Gasteiger partial charge in [0.2, 0.25) is 0 Å². The molecule has 0 aliphatic carbocycles. The standard InChI is InChI=1S/C8H17NO2S/c1-6-8(10,3-4-12-6)7(9)5-11-2/h6-7,10H,3-5,9H2,1-2H3. The van der Waals surface area contributed by atoms with E-state index in [0.29, 0.717) is 6.61 Å². The van der Waals surface area contributed by atoms with Crippen LogP contribution < -0.4 is 5.73 Å². The molecule has 0 aromatic heterocycles. The van der Waals surface area contributed by atoms with E-state index in [4.69, 9.17) is 10.5 Å². The lowest BCUT2D eigenvalue weighted by Crippen LogP contribution is -2.54. The van der Waals surface area contributed by atoms with Gasteiger partial charge in [-0.15, -0.1) is 0 Å². The Morgan fingerprint density at radius 3 is 2.92 bits per heavy atom. The third-order valence-electron chi connectivity index (χ3n) is 2.56. The van der Waals surface area contributed by atoms with Crippen LogP contribution in [0.25, 0.3) is 0 Å². The quantitative estimate of drug-likeness (QED) is 0.670. The third-order valence-corrected chi connectivity index (χ3v) is 3.91.